The van der Waals surface area contributed by atoms with Crippen molar-refractivity contribution in [3.63, 3.8) is 0 Å². The topological polar surface area (TPSA) is 40.6 Å². The number of rotatable bonds is 6. The van der Waals surface area contributed by atoms with E-state index in [9.17, 15) is 0 Å². The molecule has 0 aliphatic heterocycles. The third-order valence-corrected chi connectivity index (χ3v) is 23.3. The molecule has 4 heteroatoms. The molecule has 20 aliphatic carbocycles. The average Bonchev–Trinajstić information content (AvgIpc) is 3.08. The zero-order valence-electron chi connectivity index (χ0n) is 35.0. The summed E-state index contributed by atoms with van der Waals surface area (Å²) in [6, 6.07) is 0. The number of amides is 2. The van der Waals surface area contributed by atoms with E-state index in [0.29, 0.717) is 11.8 Å². The van der Waals surface area contributed by atoms with E-state index in [1.807, 2.05) is 0 Å². The molecule has 0 aromatic heterocycles. The van der Waals surface area contributed by atoms with Gasteiger partial charge in [0, 0.05) is 22.2 Å². The summed E-state index contributed by atoms with van der Waals surface area (Å²) in [6.07, 6.45) is 40.3. The summed E-state index contributed by atoms with van der Waals surface area (Å²) in [5.74, 6) is 12.9. The van der Waals surface area contributed by atoms with Gasteiger partial charge in [-0.15, -0.1) is 0 Å². The van der Waals surface area contributed by atoms with Crippen molar-refractivity contribution in [3.8, 4) is 0 Å². The number of nitrogens with zero attached hydrogens (tertiary/aromatic N) is 2. The maximum absolute atomic E-state index is 16.6. The van der Waals surface area contributed by atoms with Gasteiger partial charge in [-0.2, -0.15) is 0 Å². The fourth-order valence-electron chi connectivity index (χ4n) is 24.5. The Morgan fingerprint density at radius 2 is 0.464 bits per heavy atom. The monoisotopic (exact) mass is 759 g/mol. The summed E-state index contributed by atoms with van der Waals surface area (Å²) in [4.78, 5) is 39.3. The van der Waals surface area contributed by atoms with Crippen molar-refractivity contribution < 1.29 is 9.59 Å². The molecule has 20 aliphatic rings. The van der Waals surface area contributed by atoms with Crippen LogP contribution in [0.25, 0.3) is 0 Å². The Kier molecular flexibility index (Phi) is 6.42. The van der Waals surface area contributed by atoms with E-state index in [1.54, 1.807) is 0 Å². The Bertz CT molecular complexity index is 1480. The predicted molar refractivity (Wildman–Crippen MR) is 217 cm³/mol. The Morgan fingerprint density at radius 3 is 0.714 bits per heavy atom. The molecule has 56 heavy (non-hydrogen) atoms. The van der Waals surface area contributed by atoms with Crippen LogP contribution in [0.1, 0.15) is 193 Å². The summed E-state index contributed by atoms with van der Waals surface area (Å²) in [6.45, 7) is 0. The summed E-state index contributed by atoms with van der Waals surface area (Å²) in [5, 5.41) is 0. The molecule has 0 heterocycles. The Balaban J connectivity index is 0.889. The molecule has 0 N–H and O–H groups in total. The molecular weight excluding hydrogens is 685 g/mol. The molecule has 0 aromatic rings. The van der Waals surface area contributed by atoms with Crippen LogP contribution in [0.2, 0.25) is 0 Å². The lowest BCUT2D eigenvalue weighted by atomic mass is 9.43. The molecule has 2 amide bonds. The second-order valence-corrected chi connectivity index (χ2v) is 27.4. The smallest absolute Gasteiger partial charge is 0.229 e. The first kappa shape index (κ1) is 33.6. The van der Waals surface area contributed by atoms with Crippen LogP contribution in [0.4, 0.5) is 0 Å². The van der Waals surface area contributed by atoms with E-state index < -0.39 is 0 Å². The summed E-state index contributed by atoms with van der Waals surface area (Å²) >= 11 is 0. The van der Waals surface area contributed by atoms with Crippen LogP contribution in [0.3, 0.4) is 0 Å². The highest BCUT2D eigenvalue weighted by Gasteiger charge is 2.73. The highest BCUT2D eigenvalue weighted by atomic mass is 16.2. The van der Waals surface area contributed by atoms with Gasteiger partial charge in [-0.1, -0.05) is 0 Å². The minimum atomic E-state index is -0.0663. The Hall–Kier alpha value is -1.06. The van der Waals surface area contributed by atoms with Gasteiger partial charge < -0.3 is 9.80 Å². The van der Waals surface area contributed by atoms with Crippen LogP contribution in [0.15, 0.2) is 0 Å². The van der Waals surface area contributed by atoms with Gasteiger partial charge >= 0.3 is 0 Å². The van der Waals surface area contributed by atoms with Gasteiger partial charge in [-0.25, -0.2) is 0 Å². The minimum absolute atomic E-state index is 0.0154. The van der Waals surface area contributed by atoms with Crippen LogP contribution < -0.4 is 0 Å². The first-order chi connectivity index (χ1) is 27.1. The van der Waals surface area contributed by atoms with Gasteiger partial charge in [0.2, 0.25) is 11.8 Å². The second kappa shape index (κ2) is 10.7. The van der Waals surface area contributed by atoms with Crippen molar-refractivity contribution in [2.24, 2.45) is 93.7 Å². The third kappa shape index (κ3) is 4.36. The molecule has 0 unspecified atom stereocenters. The quantitative estimate of drug-likeness (QED) is 0.271. The average molecular weight is 759 g/mol. The lowest BCUT2D eigenvalue weighted by Crippen LogP contribution is -2.80. The number of carbonyl (C=O) groups excluding carboxylic acids is 2. The van der Waals surface area contributed by atoms with Gasteiger partial charge in [-0.05, 0) is 275 Å². The SMILES string of the molecule is O=C(N(C12CC3CC(CC(C3)C1)C2)C12CC3CC(C1)CC(N(C(=O)C14CC5CC(CC(C5)C1)C4)C14CC5CC(CC(C5)C1)C4)(C3)C2)C12CC3CC(CC(C3)C1)C2. The Morgan fingerprint density at radius 1 is 0.268 bits per heavy atom. The van der Waals surface area contributed by atoms with Gasteiger partial charge in [0.1, 0.15) is 0 Å². The van der Waals surface area contributed by atoms with Crippen LogP contribution >= 0.6 is 0 Å². The minimum Gasteiger partial charge on any atom is -0.331 e. The normalized spacial score (nSPS) is 61.8. The molecule has 20 fully saturated rings. The summed E-state index contributed by atoms with van der Waals surface area (Å²) in [5.41, 5.74) is 0.0539. The molecule has 0 aromatic carbocycles. The van der Waals surface area contributed by atoms with Gasteiger partial charge in [-0.3, -0.25) is 9.59 Å². The fourth-order valence-corrected chi connectivity index (χ4v) is 24.5. The van der Waals surface area contributed by atoms with Crippen molar-refractivity contribution in [1.82, 2.24) is 9.80 Å². The van der Waals surface area contributed by atoms with Crippen LogP contribution in [-0.4, -0.2) is 43.8 Å². The van der Waals surface area contributed by atoms with E-state index in [1.165, 1.54) is 193 Å². The van der Waals surface area contributed by atoms with Gasteiger partial charge in [0.25, 0.3) is 0 Å². The lowest BCUT2D eigenvalue weighted by Gasteiger charge is -2.75. The van der Waals surface area contributed by atoms with Crippen LogP contribution in [0.5, 0.6) is 0 Å². The van der Waals surface area contributed by atoms with E-state index in [-0.39, 0.29) is 33.0 Å². The lowest BCUT2D eigenvalue weighted by molar-refractivity contribution is -0.238. The summed E-state index contributed by atoms with van der Waals surface area (Å²) < 4.78 is 0. The molecule has 304 valence electrons. The molecule has 20 rings (SSSR count). The Labute approximate surface area is 338 Å². The maximum Gasteiger partial charge on any atom is 0.229 e. The second-order valence-electron chi connectivity index (χ2n) is 27.4. The van der Waals surface area contributed by atoms with Crippen molar-refractivity contribution in [2.75, 3.05) is 0 Å². The van der Waals surface area contributed by atoms with E-state index in [4.69, 9.17) is 0 Å². The van der Waals surface area contributed by atoms with Gasteiger partial charge in [0.05, 0.1) is 10.8 Å². The maximum atomic E-state index is 16.6. The van der Waals surface area contributed by atoms with Crippen LogP contribution in [-0.2, 0) is 9.59 Å². The molecule has 0 radical (unpaired) electrons. The van der Waals surface area contributed by atoms with Crippen LogP contribution in [0, 0.1) is 93.7 Å². The van der Waals surface area contributed by atoms with E-state index >= 15 is 9.59 Å². The molecular formula is C52H74N2O2. The molecule has 20 bridgehead atoms. The van der Waals surface area contributed by atoms with Crippen molar-refractivity contribution >= 4 is 11.8 Å². The molecule has 0 atom stereocenters. The molecule has 0 spiro atoms. The molecule has 4 nitrogen and oxygen atoms in total. The summed E-state index contributed by atoms with van der Waals surface area (Å²) in [7, 11) is 0. The fraction of sp³-hybridized carbons (Fsp3) is 0.962. The highest BCUT2D eigenvalue weighted by molar-refractivity contribution is 5.86. The zero-order chi connectivity index (χ0) is 36.6. The van der Waals surface area contributed by atoms with Crippen molar-refractivity contribution in [2.45, 2.75) is 215 Å². The first-order valence-corrected chi connectivity index (χ1v) is 25.8. The highest BCUT2D eigenvalue weighted by Crippen LogP contribution is 2.72. The van der Waals surface area contributed by atoms with Crippen molar-refractivity contribution in [3.05, 3.63) is 0 Å². The number of hydrogen-bond acceptors (Lipinski definition) is 2. The predicted octanol–water partition coefficient (Wildman–Crippen LogP) is 11.1. The largest absolute Gasteiger partial charge is 0.331 e. The molecule has 0 saturated heterocycles. The van der Waals surface area contributed by atoms with Gasteiger partial charge in [0.15, 0.2) is 0 Å². The number of carbonyl (C=O) groups is 2. The third-order valence-electron chi connectivity index (χ3n) is 23.3. The first-order valence-electron chi connectivity index (χ1n) is 25.8. The van der Waals surface area contributed by atoms with E-state index in [2.05, 4.69) is 9.80 Å². The number of hydrogen-bond donors (Lipinski definition) is 0. The molecule has 20 saturated carbocycles. The van der Waals surface area contributed by atoms with E-state index in [0.717, 1.165) is 82.8 Å². The van der Waals surface area contributed by atoms with Crippen molar-refractivity contribution in [1.29, 1.82) is 0 Å². The zero-order valence-corrected chi connectivity index (χ0v) is 35.0. The standard InChI is InChI=1S/C52H74N2O2/c55-45(47-14-31-1-32(15-47)3-33(2-31)16-47)53(49-20-37-7-38(21-49)9-39(8-37)22-49)51-26-43-13-44(27-51)29-52(28-43,30-51)54(50-23-40-10-41(24-50)12-42(11-40)25-50)46(56)48-17-34-4-35(18-48)6-36(5-34)19-48/h31-44H,1-30H2.